The standard InChI is InChI=1S/C21H26ClN3O3S/c1-23-10-12-24(13-11-23)20-14-17(6-7-21(20)28-2)29(26,27)25-9-8-16-4-3-5-19(22)18(16)15-25/h3-7,14H,8-13,15H2,1-2H3. The molecule has 0 amide bonds. The smallest absolute Gasteiger partial charge is 0.243 e. The molecule has 0 spiro atoms. The largest absolute Gasteiger partial charge is 0.495 e. The van der Waals surface area contributed by atoms with Gasteiger partial charge < -0.3 is 14.5 Å². The van der Waals surface area contributed by atoms with Crippen molar-refractivity contribution in [3.05, 3.63) is 52.5 Å². The number of benzene rings is 2. The van der Waals surface area contributed by atoms with Gasteiger partial charge in [0.25, 0.3) is 0 Å². The molecule has 2 aliphatic heterocycles. The fraction of sp³-hybridized carbons (Fsp3) is 0.429. The Morgan fingerprint density at radius 2 is 1.79 bits per heavy atom. The maximum Gasteiger partial charge on any atom is 0.243 e. The van der Waals surface area contributed by atoms with Crippen LogP contribution in [0, 0.1) is 0 Å². The first-order valence-electron chi connectivity index (χ1n) is 9.78. The molecule has 0 atom stereocenters. The van der Waals surface area contributed by atoms with E-state index < -0.39 is 10.0 Å². The number of anilines is 1. The molecule has 0 aromatic heterocycles. The van der Waals surface area contributed by atoms with Gasteiger partial charge in [-0.15, -0.1) is 0 Å². The molecular formula is C21H26ClN3O3S. The lowest BCUT2D eigenvalue weighted by molar-refractivity contribution is 0.311. The Bertz CT molecular complexity index is 1000. The van der Waals surface area contributed by atoms with Crippen molar-refractivity contribution < 1.29 is 13.2 Å². The lowest BCUT2D eigenvalue weighted by atomic mass is 10.0. The maximum absolute atomic E-state index is 13.4. The molecule has 2 aliphatic rings. The monoisotopic (exact) mass is 435 g/mol. The van der Waals surface area contributed by atoms with Crippen molar-refractivity contribution in [3.8, 4) is 5.75 Å². The zero-order valence-electron chi connectivity index (χ0n) is 16.8. The Hall–Kier alpha value is -1.80. The van der Waals surface area contributed by atoms with Crippen LogP contribution in [0.4, 0.5) is 5.69 Å². The highest BCUT2D eigenvalue weighted by molar-refractivity contribution is 7.89. The highest BCUT2D eigenvalue weighted by atomic mass is 35.5. The molecule has 156 valence electrons. The number of nitrogens with zero attached hydrogens (tertiary/aromatic N) is 3. The Labute approximate surface area is 177 Å². The molecule has 2 aromatic rings. The number of piperazine rings is 1. The first-order chi connectivity index (χ1) is 13.9. The van der Waals surface area contributed by atoms with Gasteiger partial charge in [0, 0.05) is 44.3 Å². The summed E-state index contributed by atoms with van der Waals surface area (Å²) in [7, 11) is 0.0734. The van der Waals surface area contributed by atoms with Gasteiger partial charge >= 0.3 is 0 Å². The third-order valence-corrected chi connectivity index (χ3v) is 8.01. The van der Waals surface area contributed by atoms with Crippen LogP contribution < -0.4 is 9.64 Å². The van der Waals surface area contributed by atoms with Crippen molar-refractivity contribution in [3.63, 3.8) is 0 Å². The van der Waals surface area contributed by atoms with Gasteiger partial charge in [-0.05, 0) is 48.9 Å². The quantitative estimate of drug-likeness (QED) is 0.739. The molecule has 4 rings (SSSR count). The van der Waals surface area contributed by atoms with Gasteiger partial charge in [0.15, 0.2) is 0 Å². The van der Waals surface area contributed by atoms with Crippen LogP contribution in [-0.4, -0.2) is 64.5 Å². The predicted molar refractivity (Wildman–Crippen MR) is 115 cm³/mol. The third-order valence-electron chi connectivity index (χ3n) is 5.81. The van der Waals surface area contributed by atoms with Crippen molar-refractivity contribution in [2.45, 2.75) is 17.9 Å². The summed E-state index contributed by atoms with van der Waals surface area (Å²) in [5, 5.41) is 0.621. The number of rotatable bonds is 4. The third kappa shape index (κ3) is 3.97. The minimum Gasteiger partial charge on any atom is -0.495 e. The lowest BCUT2D eigenvalue weighted by Gasteiger charge is -2.35. The molecule has 0 unspecified atom stereocenters. The summed E-state index contributed by atoms with van der Waals surface area (Å²) in [5.74, 6) is 0.695. The number of ether oxygens (including phenoxy) is 1. The lowest BCUT2D eigenvalue weighted by Crippen LogP contribution is -2.44. The van der Waals surface area contributed by atoms with Crippen LogP contribution in [0.2, 0.25) is 5.02 Å². The van der Waals surface area contributed by atoms with E-state index >= 15 is 0 Å². The van der Waals surface area contributed by atoms with E-state index in [9.17, 15) is 8.42 Å². The van der Waals surface area contributed by atoms with Crippen LogP contribution in [0.3, 0.4) is 0 Å². The van der Waals surface area contributed by atoms with Crippen LogP contribution in [0.5, 0.6) is 5.75 Å². The molecular weight excluding hydrogens is 410 g/mol. The summed E-state index contributed by atoms with van der Waals surface area (Å²) in [4.78, 5) is 4.75. The molecule has 1 fully saturated rings. The van der Waals surface area contributed by atoms with Gasteiger partial charge in [0.05, 0.1) is 17.7 Å². The summed E-state index contributed by atoms with van der Waals surface area (Å²) < 4.78 is 33.9. The summed E-state index contributed by atoms with van der Waals surface area (Å²) in [6, 6.07) is 10.9. The van der Waals surface area contributed by atoms with E-state index in [1.165, 1.54) is 4.31 Å². The van der Waals surface area contributed by atoms with Crippen LogP contribution in [0.1, 0.15) is 11.1 Å². The van der Waals surface area contributed by atoms with Gasteiger partial charge in [-0.25, -0.2) is 8.42 Å². The fourth-order valence-corrected chi connectivity index (χ4v) is 5.68. The maximum atomic E-state index is 13.4. The van der Waals surface area contributed by atoms with Gasteiger partial charge in [-0.1, -0.05) is 23.7 Å². The number of likely N-dealkylation sites (N-methyl/N-ethyl adjacent to an activating group) is 1. The van der Waals surface area contributed by atoms with E-state index in [-0.39, 0.29) is 0 Å². The van der Waals surface area contributed by atoms with Crippen LogP contribution in [0.25, 0.3) is 0 Å². The average molecular weight is 436 g/mol. The number of methoxy groups -OCH3 is 1. The molecule has 29 heavy (non-hydrogen) atoms. The van der Waals surface area contributed by atoms with E-state index in [1.54, 1.807) is 25.3 Å². The fourth-order valence-electron chi connectivity index (χ4n) is 3.99. The Kier molecular flexibility index (Phi) is 5.75. The second kappa shape index (κ2) is 8.14. The summed E-state index contributed by atoms with van der Waals surface area (Å²) in [6.07, 6.45) is 0.663. The van der Waals surface area contributed by atoms with E-state index in [0.29, 0.717) is 35.2 Å². The molecule has 8 heteroatoms. The highest BCUT2D eigenvalue weighted by Crippen LogP contribution is 2.34. The summed E-state index contributed by atoms with van der Waals surface area (Å²) in [5.41, 5.74) is 2.85. The first kappa shape index (κ1) is 20.5. The van der Waals surface area contributed by atoms with E-state index in [0.717, 1.165) is 43.0 Å². The van der Waals surface area contributed by atoms with Crippen LogP contribution in [-0.2, 0) is 23.0 Å². The number of halogens is 1. The molecule has 2 heterocycles. The van der Waals surface area contributed by atoms with Crippen molar-refractivity contribution in [2.24, 2.45) is 0 Å². The summed E-state index contributed by atoms with van der Waals surface area (Å²) in [6.45, 7) is 4.29. The Morgan fingerprint density at radius 3 is 2.52 bits per heavy atom. The normalized spacial score (nSPS) is 18.5. The van der Waals surface area contributed by atoms with Crippen molar-refractivity contribution >= 4 is 27.3 Å². The molecule has 0 N–H and O–H groups in total. The minimum absolute atomic E-state index is 0.294. The minimum atomic E-state index is -3.64. The molecule has 2 aromatic carbocycles. The number of hydrogen-bond donors (Lipinski definition) is 0. The van der Waals surface area contributed by atoms with E-state index in [2.05, 4.69) is 16.8 Å². The zero-order valence-corrected chi connectivity index (χ0v) is 18.3. The second-order valence-electron chi connectivity index (χ2n) is 7.59. The van der Waals surface area contributed by atoms with E-state index in [4.69, 9.17) is 16.3 Å². The van der Waals surface area contributed by atoms with Crippen molar-refractivity contribution in [1.29, 1.82) is 0 Å². The Balaban J connectivity index is 1.65. The molecule has 0 aliphatic carbocycles. The van der Waals surface area contributed by atoms with E-state index in [1.807, 2.05) is 18.2 Å². The average Bonchev–Trinajstić information content (AvgIpc) is 2.74. The molecule has 1 saturated heterocycles. The van der Waals surface area contributed by atoms with Gasteiger partial charge in [-0.2, -0.15) is 4.31 Å². The van der Waals surface area contributed by atoms with Crippen molar-refractivity contribution in [1.82, 2.24) is 9.21 Å². The first-order valence-corrected chi connectivity index (χ1v) is 11.6. The number of fused-ring (bicyclic) bond motifs is 1. The second-order valence-corrected chi connectivity index (χ2v) is 9.94. The summed E-state index contributed by atoms with van der Waals surface area (Å²) >= 11 is 6.33. The zero-order chi connectivity index (χ0) is 20.6. The molecule has 6 nitrogen and oxygen atoms in total. The van der Waals surface area contributed by atoms with Crippen LogP contribution >= 0.6 is 11.6 Å². The SMILES string of the molecule is COc1ccc(S(=O)(=O)N2CCc3cccc(Cl)c3C2)cc1N1CCN(C)CC1. The van der Waals surface area contributed by atoms with Gasteiger partial charge in [0.1, 0.15) is 5.75 Å². The highest BCUT2D eigenvalue weighted by Gasteiger charge is 2.30. The van der Waals surface area contributed by atoms with Gasteiger partial charge in [-0.3, -0.25) is 0 Å². The van der Waals surface area contributed by atoms with Gasteiger partial charge in [0.2, 0.25) is 10.0 Å². The topological polar surface area (TPSA) is 53.1 Å². The predicted octanol–water partition coefficient (Wildman–Crippen LogP) is 2.85. The molecule has 0 saturated carbocycles. The number of hydrogen-bond acceptors (Lipinski definition) is 5. The molecule has 0 bridgehead atoms. The molecule has 0 radical (unpaired) electrons. The van der Waals surface area contributed by atoms with Crippen LogP contribution in [0.15, 0.2) is 41.3 Å². The Morgan fingerprint density at radius 1 is 1.03 bits per heavy atom. The van der Waals surface area contributed by atoms with Crippen molar-refractivity contribution in [2.75, 3.05) is 51.8 Å². The number of sulfonamides is 1.